The highest BCUT2D eigenvalue weighted by atomic mass is 16.5. The van der Waals surface area contributed by atoms with Gasteiger partial charge in [-0.05, 0) is 61.2 Å². The minimum Gasteiger partial charge on any atom is -0.487 e. The van der Waals surface area contributed by atoms with Crippen LogP contribution in [0.4, 0.5) is 0 Å². The number of ether oxygens (including phenoxy) is 1. The smallest absolute Gasteiger partial charge is 0.255 e. The molecular weight excluding hydrogens is 474 g/mol. The minimum atomic E-state index is -1.10. The molecule has 0 saturated heterocycles. The molecule has 0 aliphatic heterocycles. The second-order valence-electron chi connectivity index (χ2n) is 10.6. The molecule has 7 nitrogen and oxygen atoms in total. The monoisotopic (exact) mass is 507 g/mol. The Morgan fingerprint density at radius 1 is 0.868 bits per heavy atom. The highest BCUT2D eigenvalue weighted by Gasteiger charge is 2.32. The second-order valence-corrected chi connectivity index (χ2v) is 10.6. The maximum Gasteiger partial charge on any atom is 0.255 e. The number of pyridine rings is 1. The molecule has 1 atom stereocenters. The third-order valence-corrected chi connectivity index (χ3v) is 7.33. The summed E-state index contributed by atoms with van der Waals surface area (Å²) in [5.41, 5.74) is 3.87. The molecule has 38 heavy (non-hydrogen) atoms. The molecule has 0 bridgehead atoms. The van der Waals surface area contributed by atoms with Gasteiger partial charge in [0.15, 0.2) is 5.82 Å². The summed E-state index contributed by atoms with van der Waals surface area (Å²) in [7, 11) is 0. The van der Waals surface area contributed by atoms with Crippen LogP contribution in [0.2, 0.25) is 0 Å². The molecule has 0 saturated carbocycles. The van der Waals surface area contributed by atoms with Crippen LogP contribution in [-0.4, -0.2) is 29.7 Å². The lowest BCUT2D eigenvalue weighted by atomic mass is 9.68. The van der Waals surface area contributed by atoms with Gasteiger partial charge in [-0.2, -0.15) is 0 Å². The summed E-state index contributed by atoms with van der Waals surface area (Å²) < 4.78 is 7.67. The molecule has 0 aliphatic carbocycles. The normalized spacial score (nSPS) is 13.6. The molecule has 194 valence electrons. The number of fused-ring (bicyclic) bond motifs is 1. The fraction of sp³-hybridized carbons (Fsp3) is 0.290. The van der Waals surface area contributed by atoms with E-state index >= 15 is 0 Å². The van der Waals surface area contributed by atoms with E-state index in [-0.39, 0.29) is 5.41 Å². The summed E-state index contributed by atoms with van der Waals surface area (Å²) in [5.74, 6) is 2.10. The first-order chi connectivity index (χ1) is 18.2. The van der Waals surface area contributed by atoms with E-state index in [1.54, 1.807) is 24.4 Å². The predicted molar refractivity (Wildman–Crippen MR) is 148 cm³/mol. The average molecular weight is 508 g/mol. The first-order valence-corrected chi connectivity index (χ1v) is 12.8. The third kappa shape index (κ3) is 4.89. The number of hydrogen-bond acceptors (Lipinski definition) is 6. The largest absolute Gasteiger partial charge is 0.487 e. The van der Waals surface area contributed by atoms with Crippen molar-refractivity contribution in [1.29, 1.82) is 0 Å². The second kappa shape index (κ2) is 9.99. The molecule has 5 aromatic rings. The van der Waals surface area contributed by atoms with Crippen LogP contribution in [0.1, 0.15) is 57.3 Å². The van der Waals surface area contributed by atoms with Gasteiger partial charge in [-0.25, -0.2) is 4.98 Å². The first kappa shape index (κ1) is 25.5. The highest BCUT2D eigenvalue weighted by Crippen LogP contribution is 2.40. The van der Waals surface area contributed by atoms with Gasteiger partial charge in [-0.15, -0.1) is 10.2 Å². The average Bonchev–Trinajstić information content (AvgIpc) is 3.36. The lowest BCUT2D eigenvalue weighted by Crippen LogP contribution is -2.30. The molecule has 0 fully saturated rings. The van der Waals surface area contributed by atoms with Crippen molar-refractivity contribution >= 4 is 5.78 Å². The molecule has 0 spiro atoms. The van der Waals surface area contributed by atoms with Crippen LogP contribution < -0.4 is 4.74 Å². The zero-order valence-electron chi connectivity index (χ0n) is 22.5. The molecular formula is C31H33N5O2. The van der Waals surface area contributed by atoms with Crippen molar-refractivity contribution in [1.82, 2.24) is 24.6 Å². The number of hydrogen-bond donors (Lipinski definition) is 1. The van der Waals surface area contributed by atoms with Gasteiger partial charge in [0.2, 0.25) is 0 Å². The molecule has 1 N–H and O–H groups in total. The summed E-state index contributed by atoms with van der Waals surface area (Å²) in [6, 6.07) is 24.7. The zero-order chi connectivity index (χ0) is 26.9. The lowest BCUT2D eigenvalue weighted by Gasteiger charge is -2.35. The molecule has 1 unspecified atom stereocenters. The van der Waals surface area contributed by atoms with E-state index in [0.717, 1.165) is 22.7 Å². The number of aromatic nitrogens is 5. The Balaban J connectivity index is 1.38. The van der Waals surface area contributed by atoms with Crippen molar-refractivity contribution in [2.45, 2.75) is 52.2 Å². The van der Waals surface area contributed by atoms with Crippen LogP contribution in [0.3, 0.4) is 0 Å². The van der Waals surface area contributed by atoms with Gasteiger partial charge in [0.25, 0.3) is 5.78 Å². The van der Waals surface area contributed by atoms with Gasteiger partial charge in [-0.1, -0.05) is 63.2 Å². The van der Waals surface area contributed by atoms with Gasteiger partial charge < -0.3 is 9.84 Å². The van der Waals surface area contributed by atoms with Crippen molar-refractivity contribution in [2.24, 2.45) is 5.92 Å². The topological polar surface area (TPSA) is 85.4 Å². The Morgan fingerprint density at radius 3 is 2.16 bits per heavy atom. The number of nitrogens with zero attached hydrogens (tertiary/aromatic N) is 5. The summed E-state index contributed by atoms with van der Waals surface area (Å²) in [6.45, 7) is 10.6. The van der Waals surface area contributed by atoms with E-state index < -0.39 is 5.60 Å². The fourth-order valence-electron chi connectivity index (χ4n) is 4.72. The van der Waals surface area contributed by atoms with Gasteiger partial charge in [0.1, 0.15) is 18.0 Å². The van der Waals surface area contributed by atoms with E-state index in [0.29, 0.717) is 24.1 Å². The van der Waals surface area contributed by atoms with Crippen LogP contribution in [-0.2, 0) is 17.6 Å². The molecule has 2 aromatic carbocycles. The van der Waals surface area contributed by atoms with E-state index in [1.165, 1.54) is 11.1 Å². The summed E-state index contributed by atoms with van der Waals surface area (Å²) >= 11 is 0. The van der Waals surface area contributed by atoms with Crippen molar-refractivity contribution in [3.8, 4) is 17.0 Å². The maximum absolute atomic E-state index is 10.3. The van der Waals surface area contributed by atoms with Crippen molar-refractivity contribution in [2.75, 3.05) is 0 Å². The highest BCUT2D eigenvalue weighted by molar-refractivity contribution is 5.62. The van der Waals surface area contributed by atoms with Gasteiger partial charge in [0.05, 0.1) is 11.4 Å². The molecule has 0 aliphatic rings. The zero-order valence-corrected chi connectivity index (χ0v) is 22.5. The molecule has 3 heterocycles. The van der Waals surface area contributed by atoms with Gasteiger partial charge in [0, 0.05) is 23.4 Å². The molecule has 0 radical (unpaired) electrons. The third-order valence-electron chi connectivity index (χ3n) is 7.33. The van der Waals surface area contributed by atoms with Crippen LogP contribution in [0.5, 0.6) is 5.75 Å². The Hall–Kier alpha value is -4.10. The van der Waals surface area contributed by atoms with Crippen LogP contribution in [0.25, 0.3) is 17.0 Å². The van der Waals surface area contributed by atoms with E-state index in [9.17, 15) is 5.11 Å². The van der Waals surface area contributed by atoms with Crippen LogP contribution in [0.15, 0.2) is 85.2 Å². The van der Waals surface area contributed by atoms with E-state index in [2.05, 4.69) is 77.3 Å². The first-order valence-electron chi connectivity index (χ1n) is 12.8. The number of benzene rings is 2. The minimum absolute atomic E-state index is 0.190. The van der Waals surface area contributed by atoms with Crippen LogP contribution in [0, 0.1) is 5.92 Å². The van der Waals surface area contributed by atoms with Gasteiger partial charge >= 0.3 is 0 Å². The Morgan fingerprint density at radius 2 is 1.55 bits per heavy atom. The summed E-state index contributed by atoms with van der Waals surface area (Å²) in [4.78, 5) is 8.99. The molecule has 3 aromatic heterocycles. The molecule has 7 heteroatoms. The SMILES string of the molecule is CC(C)C(C)(c1ccc(OCc2ccccn2)cc1)c1ccc(-c2ccn3c(C(C)(C)O)nnc3n2)cc1. The van der Waals surface area contributed by atoms with Crippen molar-refractivity contribution < 1.29 is 9.84 Å². The molecule has 0 amide bonds. The van der Waals surface area contributed by atoms with Gasteiger partial charge in [-0.3, -0.25) is 9.38 Å². The summed E-state index contributed by atoms with van der Waals surface area (Å²) in [6.07, 6.45) is 3.63. The Bertz CT molecular complexity index is 1520. The van der Waals surface area contributed by atoms with Crippen molar-refractivity contribution in [3.05, 3.63) is 108 Å². The Labute approximate surface area is 223 Å². The fourth-order valence-corrected chi connectivity index (χ4v) is 4.72. The quantitative estimate of drug-likeness (QED) is 0.279. The Kier molecular flexibility index (Phi) is 6.71. The standard InChI is InChI=1S/C31H33N5O2/c1-21(2)31(5,24-13-15-26(16-14-24)38-20-25-8-6-7-18-32-25)23-11-9-22(10-12-23)27-17-19-36-28(30(3,4)37)34-35-29(36)33-27/h6-19,21,37H,20H2,1-5H3. The lowest BCUT2D eigenvalue weighted by molar-refractivity contribution is 0.0676. The number of aliphatic hydroxyl groups is 1. The van der Waals surface area contributed by atoms with E-state index in [1.807, 2.05) is 42.6 Å². The van der Waals surface area contributed by atoms with E-state index in [4.69, 9.17) is 4.74 Å². The van der Waals surface area contributed by atoms with Crippen molar-refractivity contribution in [3.63, 3.8) is 0 Å². The summed E-state index contributed by atoms with van der Waals surface area (Å²) in [5, 5.41) is 18.6. The predicted octanol–water partition coefficient (Wildman–Crippen LogP) is 5.95. The number of rotatable bonds is 8. The van der Waals surface area contributed by atoms with Crippen LogP contribution >= 0.6 is 0 Å². The maximum atomic E-state index is 10.3. The molecule has 5 rings (SSSR count).